The van der Waals surface area contributed by atoms with Crippen molar-refractivity contribution in [1.82, 2.24) is 4.72 Å². The van der Waals surface area contributed by atoms with Crippen molar-refractivity contribution < 1.29 is 32.9 Å². The second-order valence-corrected chi connectivity index (χ2v) is 18.2. The maximum atomic E-state index is 13.0. The van der Waals surface area contributed by atoms with E-state index in [1.807, 2.05) is 0 Å². The van der Waals surface area contributed by atoms with E-state index in [0.717, 1.165) is 77.0 Å². The lowest BCUT2D eigenvalue weighted by Crippen LogP contribution is -2.62. The van der Waals surface area contributed by atoms with E-state index in [1.54, 1.807) is 12.1 Å². The molecule has 0 bridgehead atoms. The van der Waals surface area contributed by atoms with E-state index < -0.39 is 16.1 Å². The molecule has 9 heteroatoms. The van der Waals surface area contributed by atoms with Crippen LogP contribution in [0, 0.1) is 52.3 Å². The second kappa shape index (κ2) is 12.6. The molecular formula is C37H57NO7S. The number of carbonyl (C=O) groups excluding carboxylic acids is 1. The van der Waals surface area contributed by atoms with Gasteiger partial charge in [-0.05, 0) is 154 Å². The van der Waals surface area contributed by atoms with Gasteiger partial charge in [-0.1, -0.05) is 34.1 Å². The number of carbonyl (C=O) groups is 1. The van der Waals surface area contributed by atoms with Crippen LogP contribution >= 0.6 is 0 Å². The summed E-state index contributed by atoms with van der Waals surface area (Å²) in [5, 5.41) is 22.5. The third-order valence-electron chi connectivity index (χ3n) is 14.0. The quantitative estimate of drug-likeness (QED) is 0.273. The maximum Gasteiger partial charge on any atom is 0.421 e. The Morgan fingerprint density at radius 1 is 0.935 bits per heavy atom. The SMILES string of the molecule is CC[C@H]1[C@@H](O)[C@@H]2[C@H](CC[C@]3(C)[C@@H]([C@H](C)COC(=O)NS(=O)(=O)c4ccc(OC5(C)CCCC5)cc4)CC[C@@H]23)[C@@]2(C)CC[C@@H](O)C[C@@H]12. The molecule has 0 saturated heterocycles. The maximum absolute atomic E-state index is 13.0. The fraction of sp³-hybridized carbons (Fsp3) is 0.811. The van der Waals surface area contributed by atoms with Crippen LogP contribution in [-0.4, -0.2) is 49.1 Å². The zero-order valence-electron chi connectivity index (χ0n) is 28.5. The zero-order chi connectivity index (χ0) is 33.1. The average Bonchev–Trinajstić information content (AvgIpc) is 3.59. The third kappa shape index (κ3) is 5.99. The highest BCUT2D eigenvalue weighted by Crippen LogP contribution is 2.69. The molecule has 1 amide bonds. The van der Waals surface area contributed by atoms with Gasteiger partial charge in [0.15, 0.2) is 0 Å². The minimum Gasteiger partial charge on any atom is -0.488 e. The first kappa shape index (κ1) is 34.0. The second-order valence-electron chi connectivity index (χ2n) is 16.5. The summed E-state index contributed by atoms with van der Waals surface area (Å²) < 4.78 is 39.7. The van der Waals surface area contributed by atoms with Crippen LogP contribution < -0.4 is 9.46 Å². The Morgan fingerprint density at radius 2 is 1.59 bits per heavy atom. The first-order valence-electron chi connectivity index (χ1n) is 18.1. The molecule has 258 valence electrons. The van der Waals surface area contributed by atoms with E-state index in [9.17, 15) is 23.4 Å². The van der Waals surface area contributed by atoms with Crippen molar-refractivity contribution in [2.45, 2.75) is 134 Å². The summed E-state index contributed by atoms with van der Waals surface area (Å²) in [6, 6.07) is 6.20. The average molecular weight is 660 g/mol. The standard InChI is InChI=1S/C37H57NO7S/c1-6-27-31-21-24(39)15-19-37(31,5)30-16-20-36(4)28(13-14-29(36)32(30)33(27)40)23(2)22-44-34(41)38-46(42,43)26-11-9-25(10-12-26)45-35(3)17-7-8-18-35/h9-12,23-24,27-33,39-40H,6-8,13-22H2,1-5H3,(H,38,41)/t23-,24-,27-,28-,29+,30+,31+,32+,33-,36-,37-/m1/s1. The molecule has 0 radical (unpaired) electrons. The molecule has 0 heterocycles. The van der Waals surface area contributed by atoms with Crippen molar-refractivity contribution in [2.24, 2.45) is 52.3 Å². The summed E-state index contributed by atoms with van der Waals surface area (Å²) in [6.07, 6.45) is 10.5. The molecule has 6 rings (SSSR count). The van der Waals surface area contributed by atoms with Crippen molar-refractivity contribution in [3.05, 3.63) is 24.3 Å². The highest BCUT2D eigenvalue weighted by Gasteiger charge is 2.65. The number of aliphatic hydroxyl groups is 2. The Bertz CT molecular complexity index is 1360. The van der Waals surface area contributed by atoms with Gasteiger partial charge in [0.2, 0.25) is 0 Å². The van der Waals surface area contributed by atoms with Gasteiger partial charge in [-0.2, -0.15) is 0 Å². The molecule has 11 atom stereocenters. The number of ether oxygens (including phenoxy) is 2. The Labute approximate surface area is 276 Å². The summed E-state index contributed by atoms with van der Waals surface area (Å²) >= 11 is 0. The van der Waals surface area contributed by atoms with Crippen LogP contribution in [0.25, 0.3) is 0 Å². The lowest BCUT2D eigenvalue weighted by Gasteiger charge is -2.64. The smallest absolute Gasteiger partial charge is 0.421 e. The minimum atomic E-state index is -4.09. The van der Waals surface area contributed by atoms with E-state index in [-0.39, 0.29) is 57.9 Å². The van der Waals surface area contributed by atoms with Crippen LogP contribution in [-0.2, 0) is 14.8 Å². The molecule has 5 saturated carbocycles. The fourth-order valence-electron chi connectivity index (χ4n) is 11.7. The number of aliphatic hydroxyl groups excluding tert-OH is 2. The Kier molecular flexibility index (Phi) is 9.29. The molecule has 3 N–H and O–H groups in total. The number of hydrogen-bond donors (Lipinski definition) is 3. The monoisotopic (exact) mass is 659 g/mol. The summed E-state index contributed by atoms with van der Waals surface area (Å²) in [4.78, 5) is 12.7. The molecule has 5 aliphatic rings. The van der Waals surface area contributed by atoms with E-state index >= 15 is 0 Å². The van der Waals surface area contributed by atoms with Crippen LogP contribution in [0.15, 0.2) is 29.2 Å². The summed E-state index contributed by atoms with van der Waals surface area (Å²) in [5.74, 6) is 2.71. The number of amides is 1. The van der Waals surface area contributed by atoms with Crippen molar-refractivity contribution in [3.63, 3.8) is 0 Å². The van der Waals surface area contributed by atoms with Crippen LogP contribution in [0.4, 0.5) is 4.79 Å². The molecule has 46 heavy (non-hydrogen) atoms. The van der Waals surface area contributed by atoms with E-state index in [1.165, 1.54) is 12.1 Å². The number of benzene rings is 1. The summed E-state index contributed by atoms with van der Waals surface area (Å²) in [5.41, 5.74) is -0.0321. The molecule has 0 unspecified atom stereocenters. The number of sulfonamides is 1. The van der Waals surface area contributed by atoms with Crippen LogP contribution in [0.2, 0.25) is 0 Å². The first-order chi connectivity index (χ1) is 21.7. The predicted molar refractivity (Wildman–Crippen MR) is 177 cm³/mol. The van der Waals surface area contributed by atoms with Crippen LogP contribution in [0.5, 0.6) is 5.75 Å². The van der Waals surface area contributed by atoms with Gasteiger partial charge < -0.3 is 19.7 Å². The Morgan fingerprint density at radius 3 is 2.26 bits per heavy atom. The molecule has 5 fully saturated rings. The zero-order valence-corrected chi connectivity index (χ0v) is 29.4. The lowest BCUT2D eigenvalue weighted by molar-refractivity contribution is -0.203. The molecule has 1 aromatic rings. The Balaban J connectivity index is 1.07. The van der Waals surface area contributed by atoms with Gasteiger partial charge >= 0.3 is 6.09 Å². The Hall–Kier alpha value is -1.84. The number of nitrogens with one attached hydrogen (secondary N) is 1. The van der Waals surface area contributed by atoms with Crippen molar-refractivity contribution in [1.29, 1.82) is 0 Å². The van der Waals surface area contributed by atoms with Gasteiger partial charge in [0.1, 0.15) is 11.4 Å². The van der Waals surface area contributed by atoms with Gasteiger partial charge in [0.25, 0.3) is 10.0 Å². The van der Waals surface area contributed by atoms with Gasteiger partial charge in [0, 0.05) is 0 Å². The molecule has 0 aromatic heterocycles. The number of rotatable bonds is 8. The van der Waals surface area contributed by atoms with E-state index in [0.29, 0.717) is 29.4 Å². The third-order valence-corrected chi connectivity index (χ3v) is 15.3. The summed E-state index contributed by atoms with van der Waals surface area (Å²) in [7, 11) is -4.09. The van der Waals surface area contributed by atoms with Crippen molar-refractivity contribution in [2.75, 3.05) is 6.61 Å². The predicted octanol–water partition coefficient (Wildman–Crippen LogP) is 7.08. The van der Waals surface area contributed by atoms with Gasteiger partial charge in [-0.25, -0.2) is 17.9 Å². The van der Waals surface area contributed by atoms with E-state index in [2.05, 4.69) is 39.3 Å². The van der Waals surface area contributed by atoms with Crippen molar-refractivity contribution >= 4 is 16.1 Å². The van der Waals surface area contributed by atoms with Gasteiger partial charge in [-0.3, -0.25) is 0 Å². The molecule has 1 aromatic carbocycles. The molecule has 8 nitrogen and oxygen atoms in total. The highest BCUT2D eigenvalue weighted by atomic mass is 32.2. The first-order valence-corrected chi connectivity index (χ1v) is 19.5. The normalized spacial score (nSPS) is 40.7. The lowest BCUT2D eigenvalue weighted by atomic mass is 9.41. The molecule has 0 aliphatic heterocycles. The van der Waals surface area contributed by atoms with Crippen LogP contribution in [0.1, 0.15) is 112 Å². The summed E-state index contributed by atoms with van der Waals surface area (Å²) in [6.45, 7) is 11.4. The highest BCUT2D eigenvalue weighted by molar-refractivity contribution is 7.90. The number of fused-ring (bicyclic) bond motifs is 5. The molecule has 5 aliphatic carbocycles. The fourth-order valence-corrected chi connectivity index (χ4v) is 12.5. The molecular weight excluding hydrogens is 602 g/mol. The topological polar surface area (TPSA) is 122 Å². The largest absolute Gasteiger partial charge is 0.488 e. The van der Waals surface area contributed by atoms with Crippen LogP contribution in [0.3, 0.4) is 0 Å². The van der Waals surface area contributed by atoms with Crippen molar-refractivity contribution in [3.8, 4) is 5.75 Å². The minimum absolute atomic E-state index is 0.0100. The van der Waals surface area contributed by atoms with Gasteiger partial charge in [0.05, 0.1) is 23.7 Å². The molecule has 0 spiro atoms. The van der Waals surface area contributed by atoms with E-state index in [4.69, 9.17) is 9.47 Å². The number of hydrogen-bond acceptors (Lipinski definition) is 7. The van der Waals surface area contributed by atoms with Gasteiger partial charge in [-0.15, -0.1) is 0 Å².